The molecule has 2 atom stereocenters. The number of β-amino-alcohol motifs (C(OH)–C–C–N with tert-alkyl or cyclic N) is 1. The summed E-state index contributed by atoms with van der Waals surface area (Å²) in [6.07, 6.45) is 2.24. The molecular weight excluding hydrogens is 462 g/mol. The number of rotatable bonds is 6. The number of likely N-dealkylation sites (tertiary alicyclic amines) is 1. The second kappa shape index (κ2) is 10.0. The summed E-state index contributed by atoms with van der Waals surface area (Å²) in [5.74, 6) is 0.00640. The molecule has 0 saturated carbocycles. The monoisotopic (exact) mass is 493 g/mol. The molecule has 7 nitrogen and oxygen atoms in total. The van der Waals surface area contributed by atoms with Gasteiger partial charge in [0.25, 0.3) is 0 Å². The van der Waals surface area contributed by atoms with Crippen LogP contribution >= 0.6 is 0 Å². The van der Waals surface area contributed by atoms with Crippen LogP contribution in [0.1, 0.15) is 45.3 Å². The second-order valence-electron chi connectivity index (χ2n) is 9.92. The molecular formula is C30H31N5O2. The third-order valence-electron chi connectivity index (χ3n) is 7.43. The number of ketones is 1. The molecule has 2 aliphatic heterocycles. The van der Waals surface area contributed by atoms with Gasteiger partial charge in [-0.15, -0.1) is 0 Å². The number of imidazole rings is 1. The topological polar surface area (TPSA) is 96.4 Å². The van der Waals surface area contributed by atoms with Crippen LogP contribution in [0.2, 0.25) is 0 Å². The van der Waals surface area contributed by atoms with Crippen LogP contribution < -0.4 is 11.1 Å². The Balaban J connectivity index is 1.36. The number of carbonyl (C=O) groups is 1. The quantitative estimate of drug-likeness (QED) is 0.380. The lowest BCUT2D eigenvalue weighted by molar-refractivity contribution is 0.0922. The molecule has 3 heterocycles. The van der Waals surface area contributed by atoms with Crippen molar-refractivity contribution in [2.24, 2.45) is 5.73 Å². The Kier molecular flexibility index (Phi) is 6.44. The Labute approximate surface area is 216 Å². The van der Waals surface area contributed by atoms with Crippen molar-refractivity contribution in [1.29, 1.82) is 0 Å². The van der Waals surface area contributed by atoms with Crippen LogP contribution in [0.4, 0.5) is 0 Å². The number of Topliss-reactive ketones (excluding diaryl/α,β-unsaturated/α-hetero) is 1. The first-order valence-corrected chi connectivity index (χ1v) is 12.8. The van der Waals surface area contributed by atoms with Gasteiger partial charge in [-0.3, -0.25) is 19.6 Å². The van der Waals surface area contributed by atoms with Gasteiger partial charge >= 0.3 is 0 Å². The fourth-order valence-corrected chi connectivity index (χ4v) is 5.52. The van der Waals surface area contributed by atoms with Crippen molar-refractivity contribution in [3.8, 4) is 16.8 Å². The lowest BCUT2D eigenvalue weighted by atomic mass is 9.91. The molecule has 7 heteroatoms. The molecule has 4 N–H and O–H groups in total. The minimum absolute atomic E-state index is 0.00640. The highest BCUT2D eigenvalue weighted by Gasteiger charge is 2.33. The highest BCUT2D eigenvalue weighted by Crippen LogP contribution is 2.32. The van der Waals surface area contributed by atoms with Crippen molar-refractivity contribution >= 4 is 5.78 Å². The third kappa shape index (κ3) is 4.63. The molecule has 4 aromatic rings. The zero-order valence-corrected chi connectivity index (χ0v) is 20.7. The van der Waals surface area contributed by atoms with Gasteiger partial charge in [0.2, 0.25) is 5.78 Å². The van der Waals surface area contributed by atoms with E-state index in [-0.39, 0.29) is 11.9 Å². The van der Waals surface area contributed by atoms with Crippen LogP contribution in [0, 0.1) is 0 Å². The summed E-state index contributed by atoms with van der Waals surface area (Å²) >= 11 is 0. The lowest BCUT2D eigenvalue weighted by Crippen LogP contribution is -2.35. The van der Waals surface area contributed by atoms with Crippen LogP contribution in [0.5, 0.6) is 0 Å². The molecule has 3 aromatic carbocycles. The molecule has 6 rings (SSSR count). The van der Waals surface area contributed by atoms with Crippen LogP contribution in [-0.2, 0) is 19.6 Å². The number of aromatic nitrogens is 2. The van der Waals surface area contributed by atoms with E-state index in [0.717, 1.165) is 58.7 Å². The maximum atomic E-state index is 13.9. The number of nitrogens with two attached hydrogens (primary N) is 1. The van der Waals surface area contributed by atoms with Crippen molar-refractivity contribution in [1.82, 2.24) is 19.8 Å². The summed E-state index contributed by atoms with van der Waals surface area (Å²) < 4.78 is 1.88. The minimum Gasteiger partial charge on any atom is -0.392 e. The van der Waals surface area contributed by atoms with E-state index in [0.29, 0.717) is 25.3 Å². The van der Waals surface area contributed by atoms with Gasteiger partial charge in [-0.1, -0.05) is 60.7 Å². The van der Waals surface area contributed by atoms with Crippen molar-refractivity contribution in [3.63, 3.8) is 0 Å². The van der Waals surface area contributed by atoms with Gasteiger partial charge in [0.1, 0.15) is 12.0 Å². The minimum atomic E-state index is -0.464. The van der Waals surface area contributed by atoms with E-state index in [1.54, 1.807) is 6.33 Å². The van der Waals surface area contributed by atoms with E-state index >= 15 is 0 Å². The highest BCUT2D eigenvalue weighted by molar-refractivity contribution is 6.01. The van der Waals surface area contributed by atoms with E-state index in [4.69, 9.17) is 5.73 Å². The van der Waals surface area contributed by atoms with Gasteiger partial charge in [0.05, 0.1) is 17.8 Å². The number of nitrogens with one attached hydrogen (secondary N) is 1. The van der Waals surface area contributed by atoms with Gasteiger partial charge < -0.3 is 10.8 Å². The van der Waals surface area contributed by atoms with Gasteiger partial charge in [-0.25, -0.2) is 4.98 Å². The van der Waals surface area contributed by atoms with Crippen LogP contribution in [0.25, 0.3) is 16.8 Å². The fraction of sp³-hybridized carbons (Fsp3) is 0.267. The average Bonchev–Trinajstić information content (AvgIpc) is 3.56. The third-order valence-corrected chi connectivity index (χ3v) is 7.43. The van der Waals surface area contributed by atoms with Gasteiger partial charge in [-0.05, 0) is 46.4 Å². The van der Waals surface area contributed by atoms with Gasteiger partial charge in [-0.2, -0.15) is 0 Å². The molecule has 1 unspecified atom stereocenters. The zero-order chi connectivity index (χ0) is 25.4. The highest BCUT2D eigenvalue weighted by atomic mass is 16.3. The molecule has 37 heavy (non-hydrogen) atoms. The van der Waals surface area contributed by atoms with E-state index in [9.17, 15) is 9.90 Å². The molecule has 1 saturated heterocycles. The van der Waals surface area contributed by atoms with Crippen molar-refractivity contribution in [2.45, 2.75) is 38.2 Å². The number of nitrogens with zero attached hydrogens (tertiary/aromatic N) is 3. The zero-order valence-electron chi connectivity index (χ0n) is 20.7. The van der Waals surface area contributed by atoms with E-state index < -0.39 is 6.04 Å². The fourth-order valence-electron chi connectivity index (χ4n) is 5.52. The summed E-state index contributed by atoms with van der Waals surface area (Å²) in [6.45, 7) is 3.22. The van der Waals surface area contributed by atoms with Crippen LogP contribution in [-0.4, -0.2) is 44.5 Å². The van der Waals surface area contributed by atoms with E-state index in [1.807, 2.05) is 47.0 Å². The smallest absolute Gasteiger partial charge is 0.202 e. The normalized spacial score (nSPS) is 19.8. The lowest BCUT2D eigenvalue weighted by Gasteiger charge is -2.26. The Morgan fingerprint density at radius 3 is 2.70 bits per heavy atom. The maximum absolute atomic E-state index is 13.9. The summed E-state index contributed by atoms with van der Waals surface area (Å²) in [5.41, 5.74) is 13.5. The van der Waals surface area contributed by atoms with Crippen molar-refractivity contribution in [2.75, 3.05) is 13.1 Å². The van der Waals surface area contributed by atoms with Gasteiger partial charge in [0, 0.05) is 38.4 Å². The molecule has 0 amide bonds. The van der Waals surface area contributed by atoms with Crippen LogP contribution in [0.3, 0.4) is 0 Å². The van der Waals surface area contributed by atoms with Crippen LogP contribution in [0.15, 0.2) is 79.1 Å². The molecule has 0 radical (unpaired) electrons. The summed E-state index contributed by atoms with van der Waals surface area (Å²) in [6, 6.07) is 24.1. The Morgan fingerprint density at radius 2 is 1.92 bits per heavy atom. The van der Waals surface area contributed by atoms with Crippen molar-refractivity contribution < 1.29 is 9.90 Å². The number of hydrogen-bond acceptors (Lipinski definition) is 6. The van der Waals surface area contributed by atoms with Crippen molar-refractivity contribution in [3.05, 3.63) is 107 Å². The Bertz CT molecular complexity index is 1430. The first-order chi connectivity index (χ1) is 18.1. The Hall–Kier alpha value is -3.62. The SMILES string of the molecule is NCc1cccc(-n2cnc3c2C(=O)C(c2ccc(-c4ccccc4)c(CN4CC[C@@H](O)C4)c2)NC3)c1. The largest absolute Gasteiger partial charge is 0.392 e. The van der Waals surface area contributed by atoms with Gasteiger partial charge in [0.15, 0.2) is 0 Å². The summed E-state index contributed by atoms with van der Waals surface area (Å²) in [5, 5.41) is 13.5. The molecule has 1 fully saturated rings. The number of benzene rings is 3. The first kappa shape index (κ1) is 23.8. The second-order valence-corrected chi connectivity index (χ2v) is 9.92. The summed E-state index contributed by atoms with van der Waals surface area (Å²) in [7, 11) is 0. The molecule has 0 spiro atoms. The number of hydrogen-bond donors (Lipinski definition) is 3. The molecule has 2 aliphatic rings. The predicted octanol–water partition coefficient (Wildman–Crippen LogP) is 3.59. The molecule has 188 valence electrons. The van der Waals surface area contributed by atoms with E-state index in [2.05, 4.69) is 45.5 Å². The number of aliphatic hydroxyl groups is 1. The van der Waals surface area contributed by atoms with E-state index in [1.165, 1.54) is 0 Å². The summed E-state index contributed by atoms with van der Waals surface area (Å²) in [4.78, 5) is 20.7. The Morgan fingerprint density at radius 1 is 1.05 bits per heavy atom. The number of fused-ring (bicyclic) bond motifs is 1. The molecule has 1 aromatic heterocycles. The molecule has 0 bridgehead atoms. The molecule has 0 aliphatic carbocycles. The number of aliphatic hydroxyl groups excluding tert-OH is 1. The predicted molar refractivity (Wildman–Crippen MR) is 143 cm³/mol. The number of carbonyl (C=O) groups excluding carboxylic acids is 1. The average molecular weight is 494 g/mol. The standard InChI is InChI=1S/C30H31N5O2/c31-15-20-5-4-8-24(13-20)35-19-33-27-16-32-28(30(37)29(27)35)22-9-10-26(21-6-2-1-3-7-21)23(14-22)17-34-12-11-25(36)18-34/h1-10,13-14,19,25,28,32,36H,11-12,15-18,31H2/t25-,28?/m1/s1. The first-order valence-electron chi connectivity index (χ1n) is 12.8. The maximum Gasteiger partial charge on any atom is 0.202 e.